The van der Waals surface area contributed by atoms with Crippen LogP contribution in [0, 0.1) is 6.92 Å². The predicted octanol–water partition coefficient (Wildman–Crippen LogP) is 4.05. The van der Waals surface area contributed by atoms with E-state index in [1.54, 1.807) is 37.3 Å². The molecule has 7 nitrogen and oxygen atoms in total. The van der Waals surface area contributed by atoms with E-state index in [9.17, 15) is 9.59 Å². The molecule has 0 aliphatic heterocycles. The molecular weight excluding hydrogens is 426 g/mol. The van der Waals surface area contributed by atoms with Gasteiger partial charge in [0, 0.05) is 13.1 Å². The number of rotatable bonds is 7. The van der Waals surface area contributed by atoms with Gasteiger partial charge in [0.05, 0.1) is 36.0 Å². The number of hydrogen-bond acceptors (Lipinski definition) is 6. The maximum Gasteiger partial charge on any atom is 0.266 e. The van der Waals surface area contributed by atoms with E-state index in [1.807, 2.05) is 49.4 Å². The lowest BCUT2D eigenvalue weighted by molar-refractivity contribution is -0.127. The molecule has 0 spiro atoms. The van der Waals surface area contributed by atoms with Gasteiger partial charge in [-0.15, -0.1) is 0 Å². The summed E-state index contributed by atoms with van der Waals surface area (Å²) in [6, 6.07) is 18.1. The molecule has 0 N–H and O–H groups in total. The van der Waals surface area contributed by atoms with Gasteiger partial charge in [0.1, 0.15) is 17.3 Å². The number of furan rings is 1. The number of nitrogens with zero attached hydrogens (tertiary/aromatic N) is 3. The van der Waals surface area contributed by atoms with Crippen LogP contribution >= 0.6 is 11.8 Å². The molecule has 0 saturated carbocycles. The monoisotopic (exact) mass is 449 g/mol. The number of thioether (sulfide) groups is 1. The van der Waals surface area contributed by atoms with Crippen molar-refractivity contribution in [2.75, 3.05) is 19.9 Å². The number of fused-ring (bicyclic) bond motifs is 1. The minimum Gasteiger partial charge on any atom is -0.497 e. The summed E-state index contributed by atoms with van der Waals surface area (Å²) in [5.41, 5.74) is 1.02. The number of ether oxygens (including phenoxy) is 1. The molecule has 32 heavy (non-hydrogen) atoms. The van der Waals surface area contributed by atoms with Gasteiger partial charge in [0.15, 0.2) is 5.16 Å². The zero-order valence-corrected chi connectivity index (χ0v) is 18.9. The van der Waals surface area contributed by atoms with Crippen molar-refractivity contribution < 1.29 is 13.9 Å². The predicted molar refractivity (Wildman–Crippen MR) is 125 cm³/mol. The summed E-state index contributed by atoms with van der Waals surface area (Å²) in [5, 5.41) is 0.953. The minimum atomic E-state index is -0.196. The number of aryl methyl sites for hydroxylation is 1. The van der Waals surface area contributed by atoms with Crippen molar-refractivity contribution in [3.63, 3.8) is 0 Å². The van der Waals surface area contributed by atoms with Crippen LogP contribution in [0.3, 0.4) is 0 Å². The van der Waals surface area contributed by atoms with Gasteiger partial charge < -0.3 is 14.1 Å². The topological polar surface area (TPSA) is 77.6 Å². The first-order chi connectivity index (χ1) is 15.5. The van der Waals surface area contributed by atoms with Gasteiger partial charge >= 0.3 is 0 Å². The normalized spacial score (nSPS) is 11.0. The van der Waals surface area contributed by atoms with Crippen LogP contribution in [-0.2, 0) is 11.3 Å². The Balaban J connectivity index is 1.65. The fraction of sp³-hybridized carbons (Fsp3) is 0.208. The number of hydrogen-bond donors (Lipinski definition) is 0. The molecule has 2 aromatic carbocycles. The molecule has 164 valence electrons. The number of aromatic nitrogens is 2. The molecule has 0 saturated heterocycles. The summed E-state index contributed by atoms with van der Waals surface area (Å²) in [4.78, 5) is 32.4. The second-order valence-electron chi connectivity index (χ2n) is 7.30. The molecule has 1 amide bonds. The molecule has 0 radical (unpaired) electrons. The Labute approximate surface area is 189 Å². The van der Waals surface area contributed by atoms with Crippen molar-refractivity contribution in [1.29, 1.82) is 0 Å². The molecule has 0 aliphatic rings. The molecule has 4 rings (SSSR count). The van der Waals surface area contributed by atoms with E-state index in [-0.39, 0.29) is 17.2 Å². The molecule has 4 aromatic rings. The summed E-state index contributed by atoms with van der Waals surface area (Å²) in [6.07, 6.45) is 0. The van der Waals surface area contributed by atoms with E-state index in [0.29, 0.717) is 34.0 Å². The summed E-state index contributed by atoms with van der Waals surface area (Å²) >= 11 is 1.23. The first-order valence-electron chi connectivity index (χ1n) is 10.0. The van der Waals surface area contributed by atoms with Crippen molar-refractivity contribution >= 4 is 28.6 Å². The van der Waals surface area contributed by atoms with E-state index in [2.05, 4.69) is 4.98 Å². The third kappa shape index (κ3) is 4.55. The summed E-state index contributed by atoms with van der Waals surface area (Å²) < 4.78 is 12.4. The first-order valence-corrected chi connectivity index (χ1v) is 11.0. The van der Waals surface area contributed by atoms with Gasteiger partial charge in [-0.3, -0.25) is 14.2 Å². The largest absolute Gasteiger partial charge is 0.497 e. The Bertz CT molecular complexity index is 1330. The minimum absolute atomic E-state index is 0.0938. The van der Waals surface area contributed by atoms with Crippen LogP contribution in [0.2, 0.25) is 0 Å². The van der Waals surface area contributed by atoms with E-state index >= 15 is 0 Å². The van der Waals surface area contributed by atoms with Crippen LogP contribution < -0.4 is 10.3 Å². The second kappa shape index (κ2) is 9.32. The standard InChI is InChI=1S/C24H23N3O4S/c1-16-11-12-19(31-16)14-26(2)22(28)15-32-24-25-21-10-5-4-9-20(21)23(29)27(24)17-7-6-8-18(13-17)30-3/h4-13H,14-15H2,1-3H3. The molecule has 2 heterocycles. The molecule has 0 fully saturated rings. The molecule has 0 atom stereocenters. The van der Waals surface area contributed by atoms with E-state index in [0.717, 1.165) is 11.5 Å². The highest BCUT2D eigenvalue weighted by molar-refractivity contribution is 7.99. The van der Waals surface area contributed by atoms with Crippen molar-refractivity contribution in [3.05, 3.63) is 82.5 Å². The van der Waals surface area contributed by atoms with Gasteiger partial charge in [0.2, 0.25) is 5.91 Å². The Morgan fingerprint density at radius 1 is 1.16 bits per heavy atom. The molecule has 8 heteroatoms. The maximum absolute atomic E-state index is 13.3. The number of para-hydroxylation sites is 1. The zero-order valence-electron chi connectivity index (χ0n) is 18.1. The van der Waals surface area contributed by atoms with Crippen molar-refractivity contribution in [1.82, 2.24) is 14.5 Å². The maximum atomic E-state index is 13.3. The second-order valence-corrected chi connectivity index (χ2v) is 8.25. The number of carbonyl (C=O) groups is 1. The number of amides is 1. The SMILES string of the molecule is COc1cccc(-n2c(SCC(=O)N(C)Cc3ccc(C)o3)nc3ccccc3c2=O)c1. The van der Waals surface area contributed by atoms with Crippen LogP contribution in [0.1, 0.15) is 11.5 Å². The van der Waals surface area contributed by atoms with Crippen molar-refractivity contribution in [2.45, 2.75) is 18.6 Å². The average molecular weight is 450 g/mol. The molecule has 2 aromatic heterocycles. The van der Waals surface area contributed by atoms with E-state index < -0.39 is 0 Å². The van der Waals surface area contributed by atoms with E-state index in [1.165, 1.54) is 16.3 Å². The van der Waals surface area contributed by atoms with Crippen molar-refractivity contribution in [2.24, 2.45) is 0 Å². The van der Waals surface area contributed by atoms with Crippen LogP contribution in [-0.4, -0.2) is 40.3 Å². The highest BCUT2D eigenvalue weighted by atomic mass is 32.2. The van der Waals surface area contributed by atoms with Crippen LogP contribution in [0.15, 0.2) is 75.0 Å². The Kier molecular flexibility index (Phi) is 6.32. The highest BCUT2D eigenvalue weighted by Gasteiger charge is 2.17. The lowest BCUT2D eigenvalue weighted by Gasteiger charge is -2.17. The molecule has 0 unspecified atom stereocenters. The molecule has 0 aliphatic carbocycles. The third-order valence-electron chi connectivity index (χ3n) is 5.00. The number of methoxy groups -OCH3 is 1. The quantitative estimate of drug-likeness (QED) is 0.313. The smallest absolute Gasteiger partial charge is 0.266 e. The number of benzene rings is 2. The Hall–Kier alpha value is -3.52. The fourth-order valence-corrected chi connectivity index (χ4v) is 4.27. The summed E-state index contributed by atoms with van der Waals surface area (Å²) in [6.45, 7) is 2.24. The average Bonchev–Trinajstić information content (AvgIpc) is 3.21. The van der Waals surface area contributed by atoms with Gasteiger partial charge in [-0.2, -0.15) is 0 Å². The lowest BCUT2D eigenvalue weighted by Crippen LogP contribution is -2.28. The lowest BCUT2D eigenvalue weighted by atomic mass is 10.2. The van der Waals surface area contributed by atoms with Gasteiger partial charge in [-0.05, 0) is 43.3 Å². The summed E-state index contributed by atoms with van der Waals surface area (Å²) in [5.74, 6) is 2.19. The highest BCUT2D eigenvalue weighted by Crippen LogP contribution is 2.24. The molecule has 0 bridgehead atoms. The Morgan fingerprint density at radius 2 is 1.97 bits per heavy atom. The van der Waals surface area contributed by atoms with Crippen molar-refractivity contribution in [3.8, 4) is 11.4 Å². The Morgan fingerprint density at radius 3 is 2.72 bits per heavy atom. The van der Waals surface area contributed by atoms with Gasteiger partial charge in [0.25, 0.3) is 5.56 Å². The van der Waals surface area contributed by atoms with Crippen LogP contribution in [0.25, 0.3) is 16.6 Å². The van der Waals surface area contributed by atoms with Gasteiger partial charge in [-0.1, -0.05) is 30.0 Å². The first kappa shape index (κ1) is 21.7. The number of carbonyl (C=O) groups excluding carboxylic acids is 1. The third-order valence-corrected chi connectivity index (χ3v) is 5.92. The summed E-state index contributed by atoms with van der Waals surface area (Å²) in [7, 11) is 3.30. The zero-order chi connectivity index (χ0) is 22.7. The van der Waals surface area contributed by atoms with Crippen LogP contribution in [0.4, 0.5) is 0 Å². The molecular formula is C24H23N3O4S. The van der Waals surface area contributed by atoms with Crippen LogP contribution in [0.5, 0.6) is 5.75 Å². The fourth-order valence-electron chi connectivity index (χ4n) is 3.31. The van der Waals surface area contributed by atoms with E-state index in [4.69, 9.17) is 9.15 Å². The van der Waals surface area contributed by atoms with Gasteiger partial charge in [-0.25, -0.2) is 4.98 Å².